The van der Waals surface area contributed by atoms with Crippen LogP contribution in [0.5, 0.6) is 0 Å². The molecule has 2 aliphatic heterocycles. The smallest absolute Gasteiger partial charge is 0.352 e. The van der Waals surface area contributed by atoms with Gasteiger partial charge in [-0.2, -0.15) is 18.2 Å². The Morgan fingerprint density at radius 3 is 2.44 bits per heavy atom. The minimum atomic E-state index is -4.71. The van der Waals surface area contributed by atoms with E-state index >= 15 is 0 Å². The minimum absolute atomic E-state index is 0.00929. The Labute approximate surface area is 258 Å². The second-order valence-corrected chi connectivity index (χ2v) is 13.0. The highest BCUT2D eigenvalue weighted by molar-refractivity contribution is 7.99. The maximum atomic E-state index is 14.9. The van der Waals surface area contributed by atoms with Crippen LogP contribution < -0.4 is 10.6 Å². The molecule has 0 spiro atoms. The lowest BCUT2D eigenvalue weighted by Crippen LogP contribution is -2.58. The van der Waals surface area contributed by atoms with Gasteiger partial charge in [0.05, 0.1) is 16.1 Å². The summed E-state index contributed by atoms with van der Waals surface area (Å²) >= 11 is 8.57. The number of nitrogens with zero attached hydrogens (tertiary/aromatic N) is 6. The molecule has 43 heavy (non-hydrogen) atoms. The summed E-state index contributed by atoms with van der Waals surface area (Å²) < 4.78 is 46.1. The van der Waals surface area contributed by atoms with E-state index in [9.17, 15) is 22.8 Å². The number of benzene rings is 1. The molecule has 224 valence electrons. The topological polar surface area (TPSA) is 84.2 Å². The second-order valence-electron chi connectivity index (χ2n) is 10.6. The van der Waals surface area contributed by atoms with Crippen LogP contribution >= 0.6 is 34.7 Å². The number of aromatic nitrogens is 4. The van der Waals surface area contributed by atoms with Gasteiger partial charge in [0.25, 0.3) is 0 Å². The van der Waals surface area contributed by atoms with Crippen molar-refractivity contribution in [3.05, 3.63) is 75.5 Å². The van der Waals surface area contributed by atoms with E-state index in [0.717, 1.165) is 17.4 Å². The van der Waals surface area contributed by atoms with Crippen molar-refractivity contribution >= 4 is 57.3 Å². The average molecular weight is 647 g/mol. The lowest BCUT2D eigenvalue weighted by molar-refractivity contribution is -0.137. The van der Waals surface area contributed by atoms with Crippen LogP contribution in [-0.4, -0.2) is 61.3 Å². The summed E-state index contributed by atoms with van der Waals surface area (Å²) in [6, 6.07) is 3.71. The van der Waals surface area contributed by atoms with Gasteiger partial charge < -0.3 is 9.80 Å². The molecule has 0 N–H and O–H groups in total. The predicted octanol–water partition coefficient (Wildman–Crippen LogP) is 6.09. The summed E-state index contributed by atoms with van der Waals surface area (Å²) in [6.07, 6.45) is -0.258. The van der Waals surface area contributed by atoms with Gasteiger partial charge in [0.15, 0.2) is 0 Å². The first-order chi connectivity index (χ1) is 20.5. The van der Waals surface area contributed by atoms with E-state index in [-0.39, 0.29) is 60.3 Å². The van der Waals surface area contributed by atoms with E-state index in [0.29, 0.717) is 31.9 Å². The van der Waals surface area contributed by atoms with Crippen molar-refractivity contribution in [3.63, 3.8) is 0 Å². The second kappa shape index (κ2) is 11.3. The summed E-state index contributed by atoms with van der Waals surface area (Å²) in [5.41, 5.74) is -1.03. The Morgan fingerprint density at radius 2 is 1.84 bits per heavy atom. The van der Waals surface area contributed by atoms with Crippen molar-refractivity contribution in [2.24, 2.45) is 0 Å². The average Bonchev–Trinajstić information content (AvgIpc) is 3.29. The van der Waals surface area contributed by atoms with Crippen LogP contribution in [0.1, 0.15) is 31.2 Å². The standard InChI is InChI=1S/C29H26ClF3N6O2S2/c1-4-22(40)39-15(2)10-37(11-16(39)3)27-19-9-20(29(31,32)33)23(21-8-18(30)14-42-21)25-24(19)38(28(41)36-27)12-17(13-43-25)26-34-6-5-7-35-26/h4-9,14-17H,1,10-13H2,2-3H3/t15-,16+,17?. The lowest BCUT2D eigenvalue weighted by atomic mass is 10.00. The first-order valence-corrected chi connectivity index (χ1v) is 15.7. The van der Waals surface area contributed by atoms with Gasteiger partial charge in [-0.3, -0.25) is 9.36 Å². The van der Waals surface area contributed by atoms with Gasteiger partial charge in [0, 0.05) is 81.9 Å². The van der Waals surface area contributed by atoms with Crippen LogP contribution in [0.25, 0.3) is 21.3 Å². The highest BCUT2D eigenvalue weighted by Crippen LogP contribution is 2.50. The number of amides is 1. The zero-order chi connectivity index (χ0) is 30.6. The van der Waals surface area contributed by atoms with Crippen LogP contribution in [-0.2, 0) is 17.5 Å². The van der Waals surface area contributed by atoms with Crippen molar-refractivity contribution in [2.45, 2.75) is 49.5 Å². The van der Waals surface area contributed by atoms with Crippen LogP contribution in [0.3, 0.4) is 0 Å². The molecule has 6 rings (SSSR count). The molecule has 1 amide bonds. The summed E-state index contributed by atoms with van der Waals surface area (Å²) in [5, 5.41) is 2.14. The molecular weight excluding hydrogens is 621 g/mol. The predicted molar refractivity (Wildman–Crippen MR) is 163 cm³/mol. The van der Waals surface area contributed by atoms with Crippen molar-refractivity contribution in [1.82, 2.24) is 24.4 Å². The SMILES string of the molecule is C=CC(=O)N1[C@H](C)CN(c2nc(=O)n3c4c(c(-c5cc(Cl)cs5)c(C(F)(F)F)cc24)SCC(c2ncccn2)C3)C[C@@H]1C. The number of alkyl halides is 3. The molecule has 0 radical (unpaired) electrons. The zero-order valence-corrected chi connectivity index (χ0v) is 25.5. The number of anilines is 1. The van der Waals surface area contributed by atoms with E-state index in [1.807, 2.05) is 18.7 Å². The number of hydrogen-bond donors (Lipinski definition) is 0. The van der Waals surface area contributed by atoms with Gasteiger partial charge in [-0.05, 0) is 38.1 Å². The van der Waals surface area contributed by atoms with Gasteiger partial charge in [-0.1, -0.05) is 18.2 Å². The fourth-order valence-corrected chi connectivity index (χ4v) is 8.57. The molecule has 4 aromatic rings. The molecule has 3 atom stereocenters. The van der Waals surface area contributed by atoms with Gasteiger partial charge in [0.1, 0.15) is 11.6 Å². The summed E-state index contributed by atoms with van der Waals surface area (Å²) in [7, 11) is 0. The Kier molecular flexibility index (Phi) is 7.76. The number of thioether (sulfide) groups is 1. The Morgan fingerprint density at radius 1 is 1.14 bits per heavy atom. The van der Waals surface area contributed by atoms with Crippen LogP contribution in [0.4, 0.5) is 19.0 Å². The third kappa shape index (κ3) is 5.31. The fourth-order valence-electron chi connectivity index (χ4n) is 6.03. The largest absolute Gasteiger partial charge is 0.417 e. The van der Waals surface area contributed by atoms with Crippen molar-refractivity contribution in [1.29, 1.82) is 0 Å². The van der Waals surface area contributed by atoms with Gasteiger partial charge in [-0.15, -0.1) is 23.1 Å². The highest BCUT2D eigenvalue weighted by atomic mass is 35.5. The first kappa shape index (κ1) is 29.6. The Balaban J connectivity index is 1.62. The van der Waals surface area contributed by atoms with Crippen LogP contribution in [0.2, 0.25) is 5.02 Å². The molecule has 0 aliphatic carbocycles. The fraction of sp³-hybridized carbons (Fsp3) is 0.345. The maximum Gasteiger partial charge on any atom is 0.417 e. The van der Waals surface area contributed by atoms with Gasteiger partial charge in [-0.25, -0.2) is 14.8 Å². The number of hydrogen-bond acceptors (Lipinski definition) is 8. The summed E-state index contributed by atoms with van der Waals surface area (Å²) in [4.78, 5) is 43.7. The Bertz CT molecular complexity index is 1780. The molecule has 5 heterocycles. The molecule has 8 nitrogen and oxygen atoms in total. The first-order valence-electron chi connectivity index (χ1n) is 13.5. The lowest BCUT2D eigenvalue weighted by Gasteiger charge is -2.44. The van der Waals surface area contributed by atoms with Crippen molar-refractivity contribution < 1.29 is 18.0 Å². The molecule has 1 aromatic carbocycles. The third-order valence-corrected chi connectivity index (χ3v) is 10.3. The molecule has 0 saturated carbocycles. The Hall–Kier alpha value is -3.42. The third-order valence-electron chi connectivity index (χ3n) is 7.75. The van der Waals surface area contributed by atoms with E-state index in [1.165, 1.54) is 28.5 Å². The van der Waals surface area contributed by atoms with E-state index in [4.69, 9.17) is 11.6 Å². The molecule has 0 bridgehead atoms. The zero-order valence-electron chi connectivity index (χ0n) is 23.1. The number of thiophene rings is 1. The van der Waals surface area contributed by atoms with E-state index in [1.54, 1.807) is 28.7 Å². The van der Waals surface area contributed by atoms with E-state index < -0.39 is 17.4 Å². The molecule has 1 fully saturated rings. The summed E-state index contributed by atoms with van der Waals surface area (Å²) in [6.45, 7) is 8.01. The molecular formula is C29H26ClF3N6O2S2. The number of carbonyl (C=O) groups is 1. The van der Waals surface area contributed by atoms with Crippen molar-refractivity contribution in [3.8, 4) is 10.4 Å². The number of rotatable bonds is 4. The van der Waals surface area contributed by atoms with Crippen LogP contribution in [0.15, 0.2) is 58.3 Å². The normalized spacial score (nSPS) is 20.7. The number of halogens is 4. The molecule has 2 aliphatic rings. The van der Waals surface area contributed by atoms with Gasteiger partial charge in [0.2, 0.25) is 5.91 Å². The van der Waals surface area contributed by atoms with E-state index in [2.05, 4.69) is 21.5 Å². The number of piperazine rings is 1. The minimum Gasteiger partial charge on any atom is -0.352 e. The van der Waals surface area contributed by atoms with Crippen LogP contribution in [0, 0.1) is 0 Å². The number of carbonyl (C=O) groups excluding carboxylic acids is 1. The van der Waals surface area contributed by atoms with Gasteiger partial charge >= 0.3 is 11.9 Å². The quantitative estimate of drug-likeness (QED) is 0.248. The molecule has 14 heteroatoms. The molecule has 1 unspecified atom stereocenters. The maximum absolute atomic E-state index is 14.9. The van der Waals surface area contributed by atoms with Crippen molar-refractivity contribution in [2.75, 3.05) is 23.7 Å². The monoisotopic (exact) mass is 646 g/mol. The summed E-state index contributed by atoms with van der Waals surface area (Å²) in [5.74, 6) is 0.423. The molecule has 1 saturated heterocycles. The highest BCUT2D eigenvalue weighted by Gasteiger charge is 2.40. The molecule has 3 aromatic heterocycles.